The topological polar surface area (TPSA) is 32.5 Å². The predicted molar refractivity (Wildman–Crippen MR) is 74.0 cm³/mol. The molecule has 2 rings (SSSR count). The van der Waals surface area contributed by atoms with Crippen molar-refractivity contribution in [1.29, 1.82) is 0 Å². The van der Waals surface area contributed by atoms with Crippen LogP contribution in [-0.2, 0) is 0 Å². The zero-order valence-corrected chi connectivity index (χ0v) is 10.5. The number of hydrogen-bond donors (Lipinski definition) is 1. The van der Waals surface area contributed by atoms with Gasteiger partial charge in [-0.15, -0.1) is 0 Å². The van der Waals surface area contributed by atoms with E-state index in [1.165, 1.54) is 18.5 Å². The summed E-state index contributed by atoms with van der Waals surface area (Å²) < 4.78 is 0. The summed E-state index contributed by atoms with van der Waals surface area (Å²) in [7, 11) is 2.10. The van der Waals surface area contributed by atoms with Crippen molar-refractivity contribution in [3.63, 3.8) is 0 Å². The van der Waals surface area contributed by atoms with Crippen LogP contribution in [0.2, 0.25) is 0 Å². The van der Waals surface area contributed by atoms with Crippen LogP contribution in [0, 0.1) is 0 Å². The van der Waals surface area contributed by atoms with Crippen LogP contribution in [0.25, 0.3) is 0 Å². The highest BCUT2D eigenvalue weighted by atomic mass is 15.2. The summed E-state index contributed by atoms with van der Waals surface area (Å²) in [4.78, 5) is 4.63. The molecule has 1 aromatic carbocycles. The SMILES string of the molecule is C=CN(C)C1CCN(c2cccc(N)c2)CC1. The Hall–Kier alpha value is -1.64. The maximum absolute atomic E-state index is 5.81. The number of piperidine rings is 1. The zero-order chi connectivity index (χ0) is 12.3. The molecule has 0 aliphatic carbocycles. The van der Waals surface area contributed by atoms with Crippen molar-refractivity contribution in [2.24, 2.45) is 0 Å². The van der Waals surface area contributed by atoms with Gasteiger partial charge in [0.25, 0.3) is 0 Å². The van der Waals surface area contributed by atoms with E-state index in [0.717, 1.165) is 18.8 Å². The molecule has 1 aromatic rings. The van der Waals surface area contributed by atoms with E-state index in [0.29, 0.717) is 6.04 Å². The van der Waals surface area contributed by atoms with Gasteiger partial charge in [-0.05, 0) is 37.2 Å². The van der Waals surface area contributed by atoms with E-state index in [1.54, 1.807) is 0 Å². The number of anilines is 2. The van der Waals surface area contributed by atoms with Crippen LogP contribution in [0.15, 0.2) is 37.0 Å². The first-order valence-corrected chi connectivity index (χ1v) is 6.15. The Labute approximate surface area is 104 Å². The van der Waals surface area contributed by atoms with E-state index < -0.39 is 0 Å². The Morgan fingerprint density at radius 2 is 2.12 bits per heavy atom. The summed E-state index contributed by atoms with van der Waals surface area (Å²) in [6.45, 7) is 6.00. The molecular formula is C14H21N3. The highest BCUT2D eigenvalue weighted by Gasteiger charge is 2.20. The minimum atomic E-state index is 0.629. The summed E-state index contributed by atoms with van der Waals surface area (Å²) in [6, 6.07) is 8.77. The van der Waals surface area contributed by atoms with Crippen molar-refractivity contribution in [3.8, 4) is 0 Å². The second kappa shape index (κ2) is 5.13. The normalized spacial score (nSPS) is 16.9. The molecule has 0 unspecified atom stereocenters. The second-order valence-electron chi connectivity index (χ2n) is 4.66. The lowest BCUT2D eigenvalue weighted by Crippen LogP contribution is -2.41. The predicted octanol–water partition coefficient (Wildman–Crippen LogP) is 2.31. The number of rotatable bonds is 3. The Morgan fingerprint density at radius 3 is 2.71 bits per heavy atom. The van der Waals surface area contributed by atoms with Gasteiger partial charge in [-0.3, -0.25) is 0 Å². The molecule has 1 heterocycles. The molecule has 0 bridgehead atoms. The maximum Gasteiger partial charge on any atom is 0.0386 e. The minimum absolute atomic E-state index is 0.629. The van der Waals surface area contributed by atoms with Gasteiger partial charge in [-0.2, -0.15) is 0 Å². The molecule has 0 saturated carbocycles. The molecule has 17 heavy (non-hydrogen) atoms. The molecule has 0 spiro atoms. The fourth-order valence-electron chi connectivity index (χ4n) is 2.40. The third-order valence-corrected chi connectivity index (χ3v) is 3.56. The first-order chi connectivity index (χ1) is 8.20. The monoisotopic (exact) mass is 231 g/mol. The Morgan fingerprint density at radius 1 is 1.41 bits per heavy atom. The minimum Gasteiger partial charge on any atom is -0.399 e. The Balaban J connectivity index is 1.97. The summed E-state index contributed by atoms with van der Waals surface area (Å²) in [5.74, 6) is 0. The van der Waals surface area contributed by atoms with Crippen LogP contribution in [0.3, 0.4) is 0 Å². The van der Waals surface area contributed by atoms with Crippen LogP contribution < -0.4 is 10.6 Å². The quantitative estimate of drug-likeness (QED) is 0.810. The molecule has 1 aliphatic heterocycles. The van der Waals surface area contributed by atoms with Gasteiger partial charge in [0.1, 0.15) is 0 Å². The Kier molecular flexibility index (Phi) is 3.57. The number of hydrogen-bond acceptors (Lipinski definition) is 3. The van der Waals surface area contributed by atoms with E-state index in [4.69, 9.17) is 5.73 Å². The fourth-order valence-corrected chi connectivity index (χ4v) is 2.40. The van der Waals surface area contributed by atoms with Crippen molar-refractivity contribution in [3.05, 3.63) is 37.0 Å². The third-order valence-electron chi connectivity index (χ3n) is 3.56. The van der Waals surface area contributed by atoms with Crippen LogP contribution in [0.5, 0.6) is 0 Å². The fraction of sp³-hybridized carbons (Fsp3) is 0.429. The average molecular weight is 231 g/mol. The van der Waals surface area contributed by atoms with E-state index in [2.05, 4.69) is 35.6 Å². The van der Waals surface area contributed by atoms with Crippen LogP contribution in [0.4, 0.5) is 11.4 Å². The summed E-state index contributed by atoms with van der Waals surface area (Å²) >= 11 is 0. The molecular weight excluding hydrogens is 210 g/mol. The zero-order valence-electron chi connectivity index (χ0n) is 10.5. The van der Waals surface area contributed by atoms with Crippen molar-refractivity contribution < 1.29 is 0 Å². The molecule has 3 heteroatoms. The average Bonchev–Trinajstić information content (AvgIpc) is 2.38. The number of nitrogens with zero attached hydrogens (tertiary/aromatic N) is 2. The first kappa shape index (κ1) is 11.8. The van der Waals surface area contributed by atoms with Crippen LogP contribution >= 0.6 is 0 Å². The number of nitrogens with two attached hydrogens (primary N) is 1. The lowest BCUT2D eigenvalue weighted by atomic mass is 10.0. The standard InChI is InChI=1S/C14H21N3/c1-3-16(2)13-7-9-17(10-8-13)14-6-4-5-12(15)11-14/h3-6,11,13H,1,7-10,15H2,2H3. The molecule has 92 valence electrons. The molecule has 1 fully saturated rings. The second-order valence-corrected chi connectivity index (χ2v) is 4.66. The van der Waals surface area contributed by atoms with Gasteiger partial charge in [-0.1, -0.05) is 12.6 Å². The Bertz CT molecular complexity index is 381. The molecule has 0 aromatic heterocycles. The third kappa shape index (κ3) is 2.73. The van der Waals surface area contributed by atoms with Gasteiger partial charge in [0, 0.05) is 37.6 Å². The lowest BCUT2D eigenvalue weighted by Gasteiger charge is -2.37. The van der Waals surface area contributed by atoms with Crippen molar-refractivity contribution in [1.82, 2.24) is 4.90 Å². The van der Waals surface area contributed by atoms with Crippen molar-refractivity contribution in [2.45, 2.75) is 18.9 Å². The van der Waals surface area contributed by atoms with Gasteiger partial charge in [0.05, 0.1) is 0 Å². The molecule has 2 N–H and O–H groups in total. The first-order valence-electron chi connectivity index (χ1n) is 6.15. The molecule has 1 aliphatic rings. The van der Waals surface area contributed by atoms with E-state index in [-0.39, 0.29) is 0 Å². The summed E-state index contributed by atoms with van der Waals surface area (Å²) in [5, 5.41) is 0. The van der Waals surface area contributed by atoms with E-state index in [9.17, 15) is 0 Å². The van der Waals surface area contributed by atoms with Crippen LogP contribution in [-0.4, -0.2) is 31.1 Å². The highest BCUT2D eigenvalue weighted by molar-refractivity contribution is 5.56. The molecule has 0 radical (unpaired) electrons. The molecule has 0 amide bonds. The van der Waals surface area contributed by atoms with Crippen molar-refractivity contribution >= 4 is 11.4 Å². The van der Waals surface area contributed by atoms with Gasteiger partial charge in [-0.25, -0.2) is 0 Å². The molecule has 1 saturated heterocycles. The molecule has 0 atom stereocenters. The van der Waals surface area contributed by atoms with Gasteiger partial charge in [0.2, 0.25) is 0 Å². The largest absolute Gasteiger partial charge is 0.399 e. The summed E-state index contributed by atoms with van der Waals surface area (Å²) in [6.07, 6.45) is 4.27. The maximum atomic E-state index is 5.81. The van der Waals surface area contributed by atoms with Gasteiger partial charge >= 0.3 is 0 Å². The lowest BCUT2D eigenvalue weighted by molar-refractivity contribution is 0.278. The van der Waals surface area contributed by atoms with Crippen LogP contribution in [0.1, 0.15) is 12.8 Å². The van der Waals surface area contributed by atoms with Gasteiger partial charge in [0.15, 0.2) is 0 Å². The highest BCUT2D eigenvalue weighted by Crippen LogP contribution is 2.23. The van der Waals surface area contributed by atoms with Gasteiger partial charge < -0.3 is 15.5 Å². The number of benzene rings is 1. The number of nitrogen functional groups attached to an aromatic ring is 1. The van der Waals surface area contributed by atoms with E-state index in [1.807, 2.05) is 18.3 Å². The van der Waals surface area contributed by atoms with Crippen molar-refractivity contribution in [2.75, 3.05) is 30.8 Å². The summed E-state index contributed by atoms with van der Waals surface area (Å²) in [5.41, 5.74) is 7.90. The molecule has 3 nitrogen and oxygen atoms in total. The van der Waals surface area contributed by atoms with E-state index >= 15 is 0 Å². The smallest absolute Gasteiger partial charge is 0.0386 e.